The van der Waals surface area contributed by atoms with Crippen molar-refractivity contribution in [1.82, 2.24) is 0 Å². The molecule has 0 unspecified atom stereocenters. The largest absolute Gasteiger partial charge is 0.480 e. The molecular formula is C9H14N2O3S. The molecule has 1 atom stereocenters. The van der Waals surface area contributed by atoms with Crippen LogP contribution >= 0.6 is 11.8 Å². The molecule has 0 saturated heterocycles. The molecule has 0 aliphatic carbocycles. The first-order valence-electron chi connectivity index (χ1n) is 4.23. The highest BCUT2D eigenvalue weighted by atomic mass is 32.2. The van der Waals surface area contributed by atoms with E-state index in [0.717, 1.165) is 11.8 Å². The van der Waals surface area contributed by atoms with Gasteiger partial charge in [0, 0.05) is 16.7 Å². The molecule has 0 saturated carbocycles. The zero-order chi connectivity index (χ0) is 12.1. The van der Waals surface area contributed by atoms with Gasteiger partial charge in [0.1, 0.15) is 6.04 Å². The van der Waals surface area contributed by atoms with Gasteiger partial charge in [-0.05, 0) is 13.8 Å². The van der Waals surface area contributed by atoms with Gasteiger partial charge in [0.15, 0.2) is 0 Å². The number of thioether (sulfide) groups is 1. The lowest BCUT2D eigenvalue weighted by atomic mass is 10.1. The van der Waals surface area contributed by atoms with Gasteiger partial charge in [-0.3, -0.25) is 4.79 Å². The molecule has 5 nitrogen and oxygen atoms in total. The number of allylic oxidation sites excluding steroid dienone is 1. The van der Waals surface area contributed by atoms with Crippen LogP contribution in [0.15, 0.2) is 11.0 Å². The molecule has 0 aromatic carbocycles. The molecule has 4 N–H and O–H groups in total. The van der Waals surface area contributed by atoms with E-state index in [4.69, 9.17) is 16.1 Å². The third-order valence-corrected chi connectivity index (χ3v) is 2.99. The predicted octanol–water partition coefficient (Wildman–Crippen LogP) is 0.310. The lowest BCUT2D eigenvalue weighted by molar-refractivity contribution is -0.137. The smallest absolute Gasteiger partial charge is 0.321 e. The Bertz CT molecular complexity index is 301. The minimum Gasteiger partial charge on any atom is -0.480 e. The summed E-state index contributed by atoms with van der Waals surface area (Å²) in [6.07, 6.45) is 1.19. The van der Waals surface area contributed by atoms with Gasteiger partial charge in [0.25, 0.3) is 0 Å². The van der Waals surface area contributed by atoms with Crippen LogP contribution in [0.25, 0.3) is 0 Å². The van der Waals surface area contributed by atoms with Gasteiger partial charge in [-0.15, -0.1) is 11.8 Å². The van der Waals surface area contributed by atoms with Crippen LogP contribution in [-0.4, -0.2) is 33.6 Å². The Kier molecular flexibility index (Phi) is 5.36. The van der Waals surface area contributed by atoms with Crippen LogP contribution in [0.3, 0.4) is 0 Å². The maximum absolute atomic E-state index is 10.4. The summed E-state index contributed by atoms with van der Waals surface area (Å²) < 4.78 is 0. The fraction of sp³-hybridized carbons (Fsp3) is 0.556. The first-order chi connectivity index (χ1) is 6.79. The van der Waals surface area contributed by atoms with Crippen LogP contribution in [-0.2, 0) is 4.79 Å². The predicted molar refractivity (Wildman–Crippen MR) is 58.1 cm³/mol. The van der Waals surface area contributed by atoms with Gasteiger partial charge in [0.2, 0.25) is 0 Å². The molecular weight excluding hydrogens is 216 g/mol. The van der Waals surface area contributed by atoms with Gasteiger partial charge in [-0.2, -0.15) is 5.26 Å². The molecule has 0 aromatic rings. The maximum atomic E-state index is 10.4. The summed E-state index contributed by atoms with van der Waals surface area (Å²) in [5.74, 6) is -0.984. The van der Waals surface area contributed by atoms with E-state index in [2.05, 4.69) is 0 Å². The highest BCUT2D eigenvalue weighted by Gasteiger charge is 2.22. The fourth-order valence-corrected chi connectivity index (χ4v) is 1.70. The molecule has 15 heavy (non-hydrogen) atoms. The number of nitriles is 1. The van der Waals surface area contributed by atoms with Crippen LogP contribution in [0.5, 0.6) is 0 Å². The zero-order valence-electron chi connectivity index (χ0n) is 8.60. The van der Waals surface area contributed by atoms with E-state index in [0.29, 0.717) is 4.91 Å². The molecule has 0 bridgehead atoms. The van der Waals surface area contributed by atoms with Crippen molar-refractivity contribution in [3.63, 3.8) is 0 Å². The van der Waals surface area contributed by atoms with Crippen molar-refractivity contribution < 1.29 is 15.0 Å². The average molecular weight is 230 g/mol. The standard InChI is InChI=1S/C9H14N2O3S/c1-9(2,14)7(3-4-10)15-5-6(11)8(12)13/h3,6,14H,5,11H2,1-2H3,(H,12,13)/b7-3-/t6-/m0/s1. The van der Waals surface area contributed by atoms with Crippen LogP contribution in [0.2, 0.25) is 0 Å². The van der Waals surface area contributed by atoms with E-state index >= 15 is 0 Å². The molecule has 0 spiro atoms. The SMILES string of the molecule is CC(C)(O)/C(=C/C#N)SC[C@H](N)C(=O)O. The van der Waals surface area contributed by atoms with Gasteiger partial charge >= 0.3 is 5.97 Å². The number of aliphatic hydroxyl groups is 1. The highest BCUT2D eigenvalue weighted by molar-refractivity contribution is 8.03. The normalized spacial score (nSPS) is 14.5. The first-order valence-corrected chi connectivity index (χ1v) is 5.21. The van der Waals surface area contributed by atoms with Crippen molar-refractivity contribution in [3.8, 4) is 6.07 Å². The maximum Gasteiger partial charge on any atom is 0.321 e. The third-order valence-electron chi connectivity index (χ3n) is 1.53. The van der Waals surface area contributed by atoms with Crippen molar-refractivity contribution in [2.24, 2.45) is 5.73 Å². The second-order valence-corrected chi connectivity index (χ2v) is 4.51. The van der Waals surface area contributed by atoms with E-state index in [1.807, 2.05) is 0 Å². The number of hydrogen-bond donors (Lipinski definition) is 3. The van der Waals surface area contributed by atoms with E-state index in [1.54, 1.807) is 6.07 Å². The summed E-state index contributed by atoms with van der Waals surface area (Å²) in [6, 6.07) is 0.796. The Morgan fingerprint density at radius 3 is 2.60 bits per heavy atom. The van der Waals surface area contributed by atoms with Crippen molar-refractivity contribution >= 4 is 17.7 Å². The molecule has 84 valence electrons. The number of hydrogen-bond acceptors (Lipinski definition) is 5. The van der Waals surface area contributed by atoms with Gasteiger partial charge in [0.05, 0.1) is 11.7 Å². The molecule has 0 aromatic heterocycles. The minimum atomic E-state index is -1.15. The first kappa shape index (κ1) is 14.0. The molecule has 0 amide bonds. The van der Waals surface area contributed by atoms with Gasteiger partial charge in [-0.25, -0.2) is 0 Å². The Hall–Kier alpha value is -1.03. The highest BCUT2D eigenvalue weighted by Crippen LogP contribution is 2.27. The molecule has 0 fully saturated rings. The van der Waals surface area contributed by atoms with Crippen molar-refractivity contribution in [1.29, 1.82) is 5.26 Å². The Balaban J connectivity index is 4.42. The monoisotopic (exact) mass is 230 g/mol. The number of nitrogens with zero attached hydrogens (tertiary/aromatic N) is 1. The molecule has 0 heterocycles. The van der Waals surface area contributed by atoms with E-state index in [-0.39, 0.29) is 5.75 Å². The number of carboxylic acids is 1. The van der Waals surface area contributed by atoms with Crippen LogP contribution in [0, 0.1) is 11.3 Å². The van der Waals surface area contributed by atoms with Crippen molar-refractivity contribution in [2.45, 2.75) is 25.5 Å². The summed E-state index contributed by atoms with van der Waals surface area (Å²) in [7, 11) is 0. The second-order valence-electron chi connectivity index (χ2n) is 3.45. The zero-order valence-corrected chi connectivity index (χ0v) is 9.41. The van der Waals surface area contributed by atoms with E-state index in [1.165, 1.54) is 19.9 Å². The van der Waals surface area contributed by atoms with Crippen LogP contribution < -0.4 is 5.73 Å². The minimum absolute atomic E-state index is 0.118. The van der Waals surface area contributed by atoms with Gasteiger partial charge in [-0.1, -0.05) is 0 Å². The van der Waals surface area contributed by atoms with Crippen LogP contribution in [0.1, 0.15) is 13.8 Å². The molecule has 6 heteroatoms. The number of carboxylic acid groups (broad SMARTS) is 1. The molecule has 0 aliphatic rings. The number of nitrogens with two attached hydrogens (primary N) is 1. The molecule has 0 aliphatic heterocycles. The third kappa shape index (κ3) is 5.42. The second kappa shape index (κ2) is 5.75. The quantitative estimate of drug-likeness (QED) is 0.587. The summed E-state index contributed by atoms with van der Waals surface area (Å²) in [5.41, 5.74) is 4.14. The summed E-state index contributed by atoms with van der Waals surface area (Å²) in [5, 5.41) is 26.6. The number of carbonyl (C=O) groups is 1. The van der Waals surface area contributed by atoms with E-state index in [9.17, 15) is 9.90 Å². The summed E-state index contributed by atoms with van der Waals surface area (Å²) in [6.45, 7) is 3.05. The molecule has 0 rings (SSSR count). The lowest BCUT2D eigenvalue weighted by Crippen LogP contribution is -2.33. The lowest BCUT2D eigenvalue weighted by Gasteiger charge is -2.20. The van der Waals surface area contributed by atoms with Gasteiger partial charge < -0.3 is 15.9 Å². The topological polar surface area (TPSA) is 107 Å². The molecule has 0 radical (unpaired) electrons. The van der Waals surface area contributed by atoms with E-state index < -0.39 is 17.6 Å². The average Bonchev–Trinajstić information content (AvgIpc) is 2.09. The van der Waals surface area contributed by atoms with Crippen LogP contribution in [0.4, 0.5) is 0 Å². The fourth-order valence-electron chi connectivity index (χ4n) is 0.704. The van der Waals surface area contributed by atoms with Crippen molar-refractivity contribution in [2.75, 3.05) is 5.75 Å². The van der Waals surface area contributed by atoms with Crippen molar-refractivity contribution in [3.05, 3.63) is 11.0 Å². The Labute approximate surface area is 92.6 Å². The summed E-state index contributed by atoms with van der Waals surface area (Å²) >= 11 is 1.07. The Morgan fingerprint density at radius 2 is 2.27 bits per heavy atom. The summed E-state index contributed by atoms with van der Waals surface area (Å²) in [4.78, 5) is 10.8. The number of rotatable bonds is 5. The Morgan fingerprint density at radius 1 is 1.73 bits per heavy atom. The number of aliphatic carboxylic acids is 1.